The maximum Gasteiger partial charge on any atom is 0.258 e. The van der Waals surface area contributed by atoms with Crippen LogP contribution in [0.4, 0.5) is 11.4 Å². The second-order valence-electron chi connectivity index (χ2n) is 6.40. The molecule has 0 aromatic heterocycles. The Kier molecular flexibility index (Phi) is 3.14. The molecule has 1 atom stereocenters. The van der Waals surface area contributed by atoms with E-state index in [0.29, 0.717) is 5.92 Å². The number of rotatable bonds is 1. The van der Waals surface area contributed by atoms with Gasteiger partial charge in [-0.2, -0.15) is 0 Å². The van der Waals surface area contributed by atoms with Gasteiger partial charge < -0.3 is 10.2 Å². The topological polar surface area (TPSA) is 32.3 Å². The summed E-state index contributed by atoms with van der Waals surface area (Å²) >= 11 is 0. The van der Waals surface area contributed by atoms with Gasteiger partial charge in [0.25, 0.3) is 5.91 Å². The summed E-state index contributed by atoms with van der Waals surface area (Å²) in [5, 5.41) is 3.34. The molecule has 1 amide bonds. The van der Waals surface area contributed by atoms with E-state index in [1.807, 2.05) is 23.1 Å². The van der Waals surface area contributed by atoms with E-state index in [0.717, 1.165) is 37.2 Å². The minimum Gasteiger partial charge on any atom is -0.384 e. The van der Waals surface area contributed by atoms with Crippen LogP contribution in [0.1, 0.15) is 28.4 Å². The maximum atomic E-state index is 13.0. The molecule has 0 aliphatic carbocycles. The Bertz CT molecular complexity index is 738. The van der Waals surface area contributed by atoms with Crippen molar-refractivity contribution >= 4 is 17.3 Å². The van der Waals surface area contributed by atoms with Crippen molar-refractivity contribution in [1.29, 1.82) is 0 Å². The van der Waals surface area contributed by atoms with Gasteiger partial charge in [-0.3, -0.25) is 4.79 Å². The van der Waals surface area contributed by atoms with E-state index in [-0.39, 0.29) is 5.91 Å². The molecule has 3 heteroatoms. The van der Waals surface area contributed by atoms with Crippen molar-refractivity contribution in [2.45, 2.75) is 19.8 Å². The normalized spacial score (nSPS) is 19.3. The van der Waals surface area contributed by atoms with Gasteiger partial charge in [0, 0.05) is 30.0 Å². The average Bonchev–Trinajstić information content (AvgIpc) is 3.00. The zero-order chi connectivity index (χ0) is 15.1. The molecule has 112 valence electrons. The van der Waals surface area contributed by atoms with E-state index in [2.05, 4.69) is 36.5 Å². The molecule has 22 heavy (non-hydrogen) atoms. The SMILES string of the molecule is CC1Cc2ccccc2N(C(=O)c2ccc3c(c2)CCN3)C1. The van der Waals surface area contributed by atoms with E-state index < -0.39 is 0 Å². The lowest BCUT2D eigenvalue weighted by molar-refractivity contribution is 0.0981. The minimum absolute atomic E-state index is 0.119. The Morgan fingerprint density at radius 1 is 1.18 bits per heavy atom. The van der Waals surface area contributed by atoms with Gasteiger partial charge in [-0.25, -0.2) is 0 Å². The van der Waals surface area contributed by atoms with Crippen LogP contribution in [0.5, 0.6) is 0 Å². The summed E-state index contributed by atoms with van der Waals surface area (Å²) in [6.07, 6.45) is 2.05. The van der Waals surface area contributed by atoms with Crippen LogP contribution in [-0.2, 0) is 12.8 Å². The summed E-state index contributed by atoms with van der Waals surface area (Å²) in [6, 6.07) is 14.3. The fourth-order valence-corrected chi connectivity index (χ4v) is 3.58. The molecule has 0 spiro atoms. The zero-order valence-electron chi connectivity index (χ0n) is 12.8. The van der Waals surface area contributed by atoms with Crippen molar-refractivity contribution in [3.05, 3.63) is 59.2 Å². The number of anilines is 2. The van der Waals surface area contributed by atoms with Crippen LogP contribution >= 0.6 is 0 Å². The molecule has 1 unspecified atom stereocenters. The van der Waals surface area contributed by atoms with Gasteiger partial charge in [-0.1, -0.05) is 25.1 Å². The van der Waals surface area contributed by atoms with Crippen molar-refractivity contribution in [3.8, 4) is 0 Å². The first-order chi connectivity index (χ1) is 10.7. The minimum atomic E-state index is 0.119. The number of hydrogen-bond acceptors (Lipinski definition) is 2. The molecule has 0 saturated carbocycles. The highest BCUT2D eigenvalue weighted by molar-refractivity contribution is 6.07. The average molecular weight is 292 g/mol. The number of carbonyl (C=O) groups excluding carboxylic acids is 1. The largest absolute Gasteiger partial charge is 0.384 e. The maximum absolute atomic E-state index is 13.0. The molecule has 0 fully saturated rings. The summed E-state index contributed by atoms with van der Waals surface area (Å²) in [5.74, 6) is 0.614. The zero-order valence-corrected chi connectivity index (χ0v) is 12.8. The summed E-state index contributed by atoms with van der Waals surface area (Å²) in [4.78, 5) is 15.0. The van der Waals surface area contributed by atoms with Crippen LogP contribution in [0, 0.1) is 5.92 Å². The third-order valence-corrected chi connectivity index (χ3v) is 4.65. The van der Waals surface area contributed by atoms with Gasteiger partial charge in [0.1, 0.15) is 0 Å². The first-order valence-corrected chi connectivity index (χ1v) is 7.99. The molecule has 2 heterocycles. The molecular formula is C19H20N2O. The summed E-state index contributed by atoms with van der Waals surface area (Å²) in [5.41, 5.74) is 5.57. The van der Waals surface area contributed by atoms with Gasteiger partial charge in [0.05, 0.1) is 0 Å². The lowest BCUT2D eigenvalue weighted by Gasteiger charge is -2.33. The highest BCUT2D eigenvalue weighted by atomic mass is 16.2. The van der Waals surface area contributed by atoms with Crippen LogP contribution in [-0.4, -0.2) is 19.0 Å². The van der Waals surface area contributed by atoms with Gasteiger partial charge in [0.2, 0.25) is 0 Å². The van der Waals surface area contributed by atoms with Crippen molar-refractivity contribution in [2.24, 2.45) is 5.92 Å². The second-order valence-corrected chi connectivity index (χ2v) is 6.40. The number of fused-ring (bicyclic) bond motifs is 2. The smallest absolute Gasteiger partial charge is 0.258 e. The standard InChI is InChI=1S/C19H20N2O/c1-13-10-15-4-2-3-5-18(15)21(12-13)19(22)16-6-7-17-14(11-16)8-9-20-17/h2-7,11,13,20H,8-10,12H2,1H3. The summed E-state index contributed by atoms with van der Waals surface area (Å²) in [6.45, 7) is 3.98. The predicted molar refractivity (Wildman–Crippen MR) is 89.6 cm³/mol. The van der Waals surface area contributed by atoms with Crippen LogP contribution in [0.25, 0.3) is 0 Å². The molecule has 0 bridgehead atoms. The monoisotopic (exact) mass is 292 g/mol. The van der Waals surface area contributed by atoms with E-state index >= 15 is 0 Å². The number of nitrogens with one attached hydrogen (secondary N) is 1. The summed E-state index contributed by atoms with van der Waals surface area (Å²) in [7, 11) is 0. The van der Waals surface area contributed by atoms with Crippen molar-refractivity contribution in [1.82, 2.24) is 0 Å². The highest BCUT2D eigenvalue weighted by Gasteiger charge is 2.27. The second kappa shape index (κ2) is 5.16. The molecule has 3 nitrogen and oxygen atoms in total. The first kappa shape index (κ1) is 13.4. The number of nitrogens with zero attached hydrogens (tertiary/aromatic N) is 1. The van der Waals surface area contributed by atoms with Crippen LogP contribution in [0.2, 0.25) is 0 Å². The highest BCUT2D eigenvalue weighted by Crippen LogP contribution is 2.31. The van der Waals surface area contributed by atoms with Crippen molar-refractivity contribution < 1.29 is 4.79 Å². The molecule has 0 saturated heterocycles. The lowest BCUT2D eigenvalue weighted by Crippen LogP contribution is -2.39. The Hall–Kier alpha value is -2.29. The quantitative estimate of drug-likeness (QED) is 0.872. The van der Waals surface area contributed by atoms with Crippen LogP contribution in [0.15, 0.2) is 42.5 Å². The molecule has 0 radical (unpaired) electrons. The van der Waals surface area contributed by atoms with Crippen molar-refractivity contribution in [2.75, 3.05) is 23.3 Å². The molecule has 2 aliphatic heterocycles. The van der Waals surface area contributed by atoms with Gasteiger partial charge >= 0.3 is 0 Å². The Labute approximate surface area is 131 Å². The fourth-order valence-electron chi connectivity index (χ4n) is 3.58. The molecule has 2 aromatic carbocycles. The Balaban J connectivity index is 1.71. The number of hydrogen-bond donors (Lipinski definition) is 1. The lowest BCUT2D eigenvalue weighted by atomic mass is 9.93. The van der Waals surface area contributed by atoms with E-state index in [9.17, 15) is 4.79 Å². The molecule has 2 aromatic rings. The van der Waals surface area contributed by atoms with E-state index in [4.69, 9.17) is 0 Å². The van der Waals surface area contributed by atoms with Gasteiger partial charge in [0.15, 0.2) is 0 Å². The first-order valence-electron chi connectivity index (χ1n) is 7.99. The third-order valence-electron chi connectivity index (χ3n) is 4.65. The summed E-state index contributed by atoms with van der Waals surface area (Å²) < 4.78 is 0. The third kappa shape index (κ3) is 2.17. The Morgan fingerprint density at radius 2 is 2.05 bits per heavy atom. The number of benzene rings is 2. The number of amides is 1. The van der Waals surface area contributed by atoms with E-state index in [1.54, 1.807) is 0 Å². The van der Waals surface area contributed by atoms with Gasteiger partial charge in [-0.05, 0) is 54.2 Å². The molecular weight excluding hydrogens is 272 g/mol. The van der Waals surface area contributed by atoms with Crippen LogP contribution < -0.4 is 10.2 Å². The van der Waals surface area contributed by atoms with Crippen LogP contribution in [0.3, 0.4) is 0 Å². The van der Waals surface area contributed by atoms with Gasteiger partial charge in [-0.15, -0.1) is 0 Å². The number of carbonyl (C=O) groups is 1. The molecule has 4 rings (SSSR count). The molecule has 2 aliphatic rings. The molecule has 1 N–H and O–H groups in total. The van der Waals surface area contributed by atoms with Crippen molar-refractivity contribution in [3.63, 3.8) is 0 Å². The Morgan fingerprint density at radius 3 is 2.95 bits per heavy atom. The fraction of sp³-hybridized carbons (Fsp3) is 0.316. The predicted octanol–water partition coefficient (Wildman–Crippen LogP) is 3.49. The number of para-hydroxylation sites is 1. The van der Waals surface area contributed by atoms with E-state index in [1.165, 1.54) is 16.8 Å².